The Morgan fingerprint density at radius 2 is 1.91 bits per heavy atom. The van der Waals surface area contributed by atoms with E-state index in [1.165, 1.54) is 23.5 Å². The number of halogens is 3. The van der Waals surface area contributed by atoms with Crippen molar-refractivity contribution in [1.29, 1.82) is 0 Å². The van der Waals surface area contributed by atoms with Crippen molar-refractivity contribution in [3.8, 4) is 10.6 Å². The molecule has 2 heterocycles. The van der Waals surface area contributed by atoms with Crippen LogP contribution >= 0.6 is 22.7 Å². The van der Waals surface area contributed by atoms with E-state index in [-0.39, 0.29) is 5.13 Å². The lowest BCUT2D eigenvalue weighted by Crippen LogP contribution is -2.18. The highest BCUT2D eigenvalue weighted by molar-refractivity contribution is 7.19. The first-order valence-electron chi connectivity index (χ1n) is 6.29. The molecule has 0 spiro atoms. The van der Waals surface area contributed by atoms with Crippen LogP contribution in [0.2, 0.25) is 0 Å². The van der Waals surface area contributed by atoms with Crippen molar-refractivity contribution >= 4 is 33.7 Å². The molecule has 1 amide bonds. The molecule has 4 nitrogen and oxygen atoms in total. The summed E-state index contributed by atoms with van der Waals surface area (Å²) in [6, 6.07) is 6.45. The molecule has 0 aliphatic carbocycles. The van der Waals surface area contributed by atoms with Crippen molar-refractivity contribution in [2.24, 2.45) is 0 Å². The maximum absolute atomic E-state index is 12.9. The highest BCUT2D eigenvalue weighted by Gasteiger charge is 2.35. The van der Waals surface area contributed by atoms with Gasteiger partial charge in [-0.15, -0.1) is 10.2 Å². The monoisotopic (exact) mass is 355 g/mol. The SMILES string of the molecule is O=C(Nc1nnc(-c2ccsc2)s1)c1ccccc1C(F)(F)F. The molecule has 0 atom stereocenters. The van der Waals surface area contributed by atoms with E-state index < -0.39 is 23.2 Å². The molecule has 0 unspecified atom stereocenters. The Kier molecular flexibility index (Phi) is 4.14. The fourth-order valence-corrected chi connectivity index (χ4v) is 3.32. The first-order valence-corrected chi connectivity index (χ1v) is 8.05. The number of carbonyl (C=O) groups excluding carboxylic acids is 1. The van der Waals surface area contributed by atoms with Crippen molar-refractivity contribution in [1.82, 2.24) is 10.2 Å². The number of thiophene rings is 1. The van der Waals surface area contributed by atoms with E-state index in [9.17, 15) is 18.0 Å². The van der Waals surface area contributed by atoms with Gasteiger partial charge in [0.2, 0.25) is 5.13 Å². The largest absolute Gasteiger partial charge is 0.417 e. The average molecular weight is 355 g/mol. The zero-order valence-electron chi connectivity index (χ0n) is 11.3. The first kappa shape index (κ1) is 15.6. The summed E-state index contributed by atoms with van der Waals surface area (Å²) in [7, 11) is 0. The maximum Gasteiger partial charge on any atom is 0.417 e. The minimum atomic E-state index is -4.60. The Hall–Kier alpha value is -2.26. The molecule has 1 N–H and O–H groups in total. The van der Waals surface area contributed by atoms with Crippen molar-refractivity contribution in [3.63, 3.8) is 0 Å². The summed E-state index contributed by atoms with van der Waals surface area (Å²) in [5, 5.41) is 14.5. The van der Waals surface area contributed by atoms with Gasteiger partial charge in [0.1, 0.15) is 5.01 Å². The van der Waals surface area contributed by atoms with Gasteiger partial charge < -0.3 is 0 Å². The number of carbonyl (C=O) groups is 1. The van der Waals surface area contributed by atoms with E-state index in [2.05, 4.69) is 15.5 Å². The quantitative estimate of drug-likeness (QED) is 0.751. The second kappa shape index (κ2) is 6.09. The Labute approximate surface area is 136 Å². The molecule has 0 radical (unpaired) electrons. The van der Waals surface area contributed by atoms with Crippen LogP contribution in [0.15, 0.2) is 41.1 Å². The molecule has 0 fully saturated rings. The van der Waals surface area contributed by atoms with Gasteiger partial charge in [0, 0.05) is 10.9 Å². The second-order valence-corrected chi connectivity index (χ2v) is 6.18. The summed E-state index contributed by atoms with van der Waals surface area (Å²) < 4.78 is 38.8. The third kappa shape index (κ3) is 3.40. The highest BCUT2D eigenvalue weighted by atomic mass is 32.1. The fraction of sp³-hybridized carbons (Fsp3) is 0.0714. The number of benzene rings is 1. The zero-order valence-corrected chi connectivity index (χ0v) is 12.9. The standard InChI is InChI=1S/C14H8F3N3OS2/c15-14(16,17)10-4-2-1-3-9(10)11(21)18-13-20-19-12(23-13)8-5-6-22-7-8/h1-7H,(H,18,20,21). The Morgan fingerprint density at radius 3 is 2.61 bits per heavy atom. The van der Waals surface area contributed by atoms with Gasteiger partial charge in [-0.2, -0.15) is 24.5 Å². The topological polar surface area (TPSA) is 54.9 Å². The lowest BCUT2D eigenvalue weighted by atomic mass is 10.1. The minimum absolute atomic E-state index is 0.146. The van der Waals surface area contributed by atoms with Crippen LogP contribution in [0.1, 0.15) is 15.9 Å². The van der Waals surface area contributed by atoms with Gasteiger partial charge in [0.05, 0.1) is 11.1 Å². The third-order valence-electron chi connectivity index (χ3n) is 2.89. The molecule has 118 valence electrons. The number of hydrogen-bond acceptors (Lipinski definition) is 5. The molecule has 23 heavy (non-hydrogen) atoms. The van der Waals surface area contributed by atoms with Gasteiger partial charge >= 0.3 is 6.18 Å². The molecule has 0 bridgehead atoms. The predicted octanol–water partition coefficient (Wildman–Crippen LogP) is 4.54. The zero-order chi connectivity index (χ0) is 16.4. The molecule has 9 heteroatoms. The molecule has 1 aromatic carbocycles. The molecule has 3 rings (SSSR count). The average Bonchev–Trinajstić information content (AvgIpc) is 3.17. The van der Waals surface area contributed by atoms with Crippen LogP contribution in [0, 0.1) is 0 Å². The summed E-state index contributed by atoms with van der Waals surface area (Å²) in [4.78, 5) is 12.1. The number of rotatable bonds is 3. The van der Waals surface area contributed by atoms with Gasteiger partial charge in [-0.05, 0) is 23.6 Å². The molecule has 0 aliphatic rings. The van der Waals surface area contributed by atoms with Gasteiger partial charge in [-0.3, -0.25) is 10.1 Å². The molecule has 0 aliphatic heterocycles. The molecular weight excluding hydrogens is 347 g/mol. The van der Waals surface area contributed by atoms with E-state index in [1.54, 1.807) is 0 Å². The lowest BCUT2D eigenvalue weighted by Gasteiger charge is -2.11. The number of nitrogens with one attached hydrogen (secondary N) is 1. The lowest BCUT2D eigenvalue weighted by molar-refractivity contribution is -0.137. The van der Waals surface area contributed by atoms with Crippen LogP contribution in [0.5, 0.6) is 0 Å². The smallest absolute Gasteiger partial charge is 0.296 e. The van der Waals surface area contributed by atoms with Gasteiger partial charge in [0.25, 0.3) is 5.91 Å². The van der Waals surface area contributed by atoms with Crippen molar-refractivity contribution in [2.75, 3.05) is 5.32 Å². The summed E-state index contributed by atoms with van der Waals surface area (Å²) >= 11 is 2.58. The summed E-state index contributed by atoms with van der Waals surface area (Å²) in [5.41, 5.74) is -0.587. The fourth-order valence-electron chi connectivity index (χ4n) is 1.87. The van der Waals surface area contributed by atoms with Gasteiger partial charge in [-0.25, -0.2) is 0 Å². The van der Waals surface area contributed by atoms with E-state index in [4.69, 9.17) is 0 Å². The van der Waals surface area contributed by atoms with Crippen molar-refractivity contribution in [3.05, 3.63) is 52.2 Å². The van der Waals surface area contributed by atoms with Crippen LogP contribution in [-0.2, 0) is 6.18 Å². The number of alkyl halides is 3. The van der Waals surface area contributed by atoms with Crippen LogP contribution in [0.25, 0.3) is 10.6 Å². The molecule has 2 aromatic heterocycles. The van der Waals surface area contributed by atoms with Crippen molar-refractivity contribution < 1.29 is 18.0 Å². The second-order valence-electron chi connectivity index (χ2n) is 4.42. The van der Waals surface area contributed by atoms with E-state index in [1.807, 2.05) is 16.8 Å². The molecule has 3 aromatic rings. The molecule has 0 saturated carbocycles. The van der Waals surface area contributed by atoms with Crippen LogP contribution in [-0.4, -0.2) is 16.1 Å². The van der Waals surface area contributed by atoms with E-state index in [0.717, 1.165) is 29.0 Å². The van der Waals surface area contributed by atoms with Gasteiger partial charge in [-0.1, -0.05) is 23.5 Å². The Balaban J connectivity index is 1.83. The van der Waals surface area contributed by atoms with Crippen LogP contribution < -0.4 is 5.32 Å². The number of aromatic nitrogens is 2. The molecule has 0 saturated heterocycles. The first-order chi connectivity index (χ1) is 10.9. The summed E-state index contributed by atoms with van der Waals surface area (Å²) in [6.07, 6.45) is -4.60. The van der Waals surface area contributed by atoms with Crippen molar-refractivity contribution in [2.45, 2.75) is 6.18 Å². The Bertz CT molecular complexity index is 828. The van der Waals surface area contributed by atoms with E-state index >= 15 is 0 Å². The normalized spacial score (nSPS) is 11.4. The number of hydrogen-bond donors (Lipinski definition) is 1. The Morgan fingerprint density at radius 1 is 1.13 bits per heavy atom. The minimum Gasteiger partial charge on any atom is -0.296 e. The third-order valence-corrected chi connectivity index (χ3v) is 4.46. The highest BCUT2D eigenvalue weighted by Crippen LogP contribution is 2.33. The maximum atomic E-state index is 12.9. The summed E-state index contributed by atoms with van der Waals surface area (Å²) in [5.74, 6) is -0.869. The van der Waals surface area contributed by atoms with Crippen LogP contribution in [0.4, 0.5) is 18.3 Å². The summed E-state index contributed by atoms with van der Waals surface area (Å²) in [6.45, 7) is 0. The number of amides is 1. The van der Waals surface area contributed by atoms with Gasteiger partial charge in [0.15, 0.2) is 0 Å². The van der Waals surface area contributed by atoms with E-state index in [0.29, 0.717) is 5.01 Å². The number of anilines is 1. The molecular formula is C14H8F3N3OS2. The van der Waals surface area contributed by atoms with Crippen LogP contribution in [0.3, 0.4) is 0 Å². The number of nitrogens with zero attached hydrogens (tertiary/aromatic N) is 2. The predicted molar refractivity (Wildman–Crippen MR) is 82.6 cm³/mol.